The Morgan fingerprint density at radius 1 is 1.07 bits per heavy atom. The summed E-state index contributed by atoms with van der Waals surface area (Å²) in [5.41, 5.74) is 3.53. The zero-order chi connectivity index (χ0) is 20.5. The van der Waals surface area contributed by atoms with Crippen molar-refractivity contribution >= 4 is 23.4 Å². The highest BCUT2D eigenvalue weighted by Gasteiger charge is 2.17. The van der Waals surface area contributed by atoms with Gasteiger partial charge in [0.15, 0.2) is 6.73 Å². The number of ether oxygens (including phenoxy) is 2. The average Bonchev–Trinajstić information content (AvgIpc) is 3.24. The molecule has 2 aromatic carbocycles. The van der Waals surface area contributed by atoms with Crippen molar-refractivity contribution in [2.75, 3.05) is 24.2 Å². The molecule has 1 heterocycles. The van der Waals surface area contributed by atoms with Crippen LogP contribution in [0.1, 0.15) is 54.9 Å². The summed E-state index contributed by atoms with van der Waals surface area (Å²) in [5, 5.41) is 8.80. The van der Waals surface area contributed by atoms with Gasteiger partial charge in [0.05, 0.1) is 12.8 Å². The summed E-state index contributed by atoms with van der Waals surface area (Å²) in [6, 6.07) is 15.3. The molecular formula is C23H29N3O3. The normalized spacial score (nSPS) is 13.0. The zero-order valence-electron chi connectivity index (χ0n) is 17.2. The Hall–Kier alpha value is -3.02. The third kappa shape index (κ3) is 5.98. The molecule has 154 valence electrons. The second-order valence-corrected chi connectivity index (χ2v) is 7.11. The van der Waals surface area contributed by atoms with Gasteiger partial charge in [-0.05, 0) is 54.8 Å². The molecule has 0 aliphatic carbocycles. The van der Waals surface area contributed by atoms with E-state index in [1.165, 1.54) is 44.8 Å². The number of methoxy groups -OCH3 is 1. The van der Waals surface area contributed by atoms with Crippen LogP contribution in [0.25, 0.3) is 0 Å². The summed E-state index contributed by atoms with van der Waals surface area (Å²) < 4.78 is 10.2. The number of hydrazone groups is 1. The highest BCUT2D eigenvalue weighted by atomic mass is 16.7. The third-order valence-corrected chi connectivity index (χ3v) is 4.90. The van der Waals surface area contributed by atoms with Crippen molar-refractivity contribution in [2.45, 2.75) is 45.4 Å². The predicted molar refractivity (Wildman–Crippen MR) is 116 cm³/mol. The van der Waals surface area contributed by atoms with Crippen molar-refractivity contribution in [3.8, 4) is 0 Å². The van der Waals surface area contributed by atoms with Crippen LogP contribution >= 0.6 is 0 Å². The van der Waals surface area contributed by atoms with Gasteiger partial charge >= 0.3 is 6.08 Å². The molecular weight excluding hydrogens is 366 g/mol. The van der Waals surface area contributed by atoms with Crippen LogP contribution in [0.3, 0.4) is 0 Å². The van der Waals surface area contributed by atoms with Gasteiger partial charge in [0.1, 0.15) is 0 Å². The molecule has 6 heteroatoms. The van der Waals surface area contributed by atoms with Gasteiger partial charge < -0.3 is 14.8 Å². The van der Waals surface area contributed by atoms with Gasteiger partial charge in [-0.1, -0.05) is 49.8 Å². The van der Waals surface area contributed by atoms with Crippen molar-refractivity contribution in [2.24, 2.45) is 5.10 Å². The number of hydrogen-bond donors (Lipinski definition) is 1. The molecule has 29 heavy (non-hydrogen) atoms. The lowest BCUT2D eigenvalue weighted by molar-refractivity contribution is 0.102. The topological polar surface area (TPSA) is 63.2 Å². The van der Waals surface area contributed by atoms with Gasteiger partial charge in [0.25, 0.3) is 5.91 Å². The van der Waals surface area contributed by atoms with Crippen LogP contribution in [0.5, 0.6) is 0 Å². The minimum Gasteiger partial charge on any atom is -0.453 e. The SMILES string of the molecule is CCCCCCCc1ccc(C(=O)Nc2ccc(N3COC(OC)=N3)cc2)cc1. The first-order valence-corrected chi connectivity index (χ1v) is 10.2. The summed E-state index contributed by atoms with van der Waals surface area (Å²) >= 11 is 0. The lowest BCUT2D eigenvalue weighted by Gasteiger charge is -2.12. The van der Waals surface area contributed by atoms with Gasteiger partial charge in [0.2, 0.25) is 0 Å². The minimum absolute atomic E-state index is 0.114. The molecule has 1 N–H and O–H groups in total. The second kappa shape index (κ2) is 10.5. The molecule has 0 atom stereocenters. The van der Waals surface area contributed by atoms with Crippen molar-refractivity contribution in [3.63, 3.8) is 0 Å². The van der Waals surface area contributed by atoms with Crippen LogP contribution in [0, 0.1) is 0 Å². The van der Waals surface area contributed by atoms with Crippen molar-refractivity contribution in [1.29, 1.82) is 0 Å². The quantitative estimate of drug-likeness (QED) is 0.596. The number of rotatable bonds is 9. The Morgan fingerprint density at radius 2 is 1.79 bits per heavy atom. The van der Waals surface area contributed by atoms with Crippen molar-refractivity contribution in [1.82, 2.24) is 0 Å². The first-order chi connectivity index (χ1) is 14.2. The highest BCUT2D eigenvalue weighted by molar-refractivity contribution is 6.04. The van der Waals surface area contributed by atoms with Gasteiger partial charge in [0, 0.05) is 11.3 Å². The molecule has 0 saturated heterocycles. The van der Waals surface area contributed by atoms with E-state index in [9.17, 15) is 4.79 Å². The molecule has 1 aliphatic rings. The Labute approximate surface area is 172 Å². The summed E-state index contributed by atoms with van der Waals surface area (Å²) in [6.45, 7) is 2.53. The van der Waals surface area contributed by atoms with E-state index in [2.05, 4.69) is 29.5 Å². The first-order valence-electron chi connectivity index (χ1n) is 10.2. The number of nitrogens with one attached hydrogen (secondary N) is 1. The van der Waals surface area contributed by atoms with Crippen LogP contribution in [0.4, 0.5) is 11.4 Å². The van der Waals surface area contributed by atoms with Crippen molar-refractivity contribution in [3.05, 3.63) is 59.7 Å². The van der Waals surface area contributed by atoms with E-state index >= 15 is 0 Å². The van der Waals surface area contributed by atoms with Crippen molar-refractivity contribution < 1.29 is 14.3 Å². The molecule has 1 aliphatic heterocycles. The number of carbonyl (C=O) groups is 1. The standard InChI is InChI=1S/C23H29N3O3/c1-3-4-5-6-7-8-18-9-11-19(12-10-18)22(27)24-20-13-15-21(16-14-20)26-17-29-23(25-26)28-2/h9-16H,3-8,17H2,1-2H3,(H,24,27). The van der Waals surface area contributed by atoms with E-state index in [4.69, 9.17) is 9.47 Å². The predicted octanol–water partition coefficient (Wildman–Crippen LogP) is 5.16. The molecule has 6 nitrogen and oxygen atoms in total. The van der Waals surface area contributed by atoms with E-state index in [1.807, 2.05) is 36.4 Å². The number of carbonyl (C=O) groups excluding carboxylic acids is 1. The number of anilines is 2. The molecule has 2 aromatic rings. The third-order valence-electron chi connectivity index (χ3n) is 4.90. The van der Waals surface area contributed by atoms with E-state index in [1.54, 1.807) is 5.01 Å². The van der Waals surface area contributed by atoms with Crippen LogP contribution in [0.2, 0.25) is 0 Å². The number of benzene rings is 2. The Kier molecular flexibility index (Phi) is 7.50. The summed E-state index contributed by atoms with van der Waals surface area (Å²) in [7, 11) is 1.51. The van der Waals surface area contributed by atoms with E-state index in [0.29, 0.717) is 12.3 Å². The second-order valence-electron chi connectivity index (χ2n) is 7.11. The maximum absolute atomic E-state index is 12.5. The van der Waals surface area contributed by atoms with Gasteiger partial charge in [-0.25, -0.2) is 5.01 Å². The smallest absolute Gasteiger partial charge is 0.407 e. The molecule has 1 amide bonds. The first kappa shape index (κ1) is 20.7. The number of aryl methyl sites for hydroxylation is 1. The maximum atomic E-state index is 12.5. The van der Waals surface area contributed by atoms with Crippen LogP contribution in [-0.2, 0) is 15.9 Å². The summed E-state index contributed by atoms with van der Waals surface area (Å²) in [6.07, 6.45) is 7.67. The van der Waals surface area contributed by atoms with E-state index in [0.717, 1.165) is 17.8 Å². The molecule has 3 rings (SSSR count). The molecule has 0 spiro atoms. The van der Waals surface area contributed by atoms with Gasteiger partial charge in [-0.2, -0.15) is 0 Å². The Balaban J connectivity index is 1.50. The van der Waals surface area contributed by atoms with Crippen LogP contribution in [0.15, 0.2) is 53.6 Å². The molecule has 0 fully saturated rings. The summed E-state index contributed by atoms with van der Waals surface area (Å²) in [5.74, 6) is -0.114. The highest BCUT2D eigenvalue weighted by Crippen LogP contribution is 2.21. The molecule has 0 radical (unpaired) electrons. The molecule has 0 bridgehead atoms. The van der Waals surface area contributed by atoms with Gasteiger partial charge in [-0.15, -0.1) is 0 Å². The van der Waals surface area contributed by atoms with Gasteiger partial charge in [-0.3, -0.25) is 4.79 Å². The van der Waals surface area contributed by atoms with E-state index in [-0.39, 0.29) is 12.0 Å². The average molecular weight is 396 g/mol. The Bertz CT molecular complexity index is 816. The fraction of sp³-hybridized carbons (Fsp3) is 0.391. The Morgan fingerprint density at radius 3 is 2.45 bits per heavy atom. The number of unbranched alkanes of at least 4 members (excludes halogenated alkanes) is 4. The van der Waals surface area contributed by atoms with Crippen LogP contribution < -0.4 is 10.3 Å². The zero-order valence-corrected chi connectivity index (χ0v) is 17.2. The monoisotopic (exact) mass is 395 g/mol. The largest absolute Gasteiger partial charge is 0.453 e. The molecule has 0 unspecified atom stereocenters. The lowest BCUT2D eigenvalue weighted by Crippen LogP contribution is -2.14. The number of nitrogens with zero attached hydrogens (tertiary/aromatic N) is 2. The fourth-order valence-electron chi connectivity index (χ4n) is 3.18. The molecule has 0 saturated carbocycles. The van der Waals surface area contributed by atoms with E-state index < -0.39 is 0 Å². The maximum Gasteiger partial charge on any atom is 0.407 e. The summed E-state index contributed by atoms with van der Waals surface area (Å²) in [4.78, 5) is 12.5. The minimum atomic E-state index is -0.114. The lowest BCUT2D eigenvalue weighted by atomic mass is 10.0. The number of amides is 1. The number of hydrogen-bond acceptors (Lipinski definition) is 5. The molecule has 0 aromatic heterocycles. The van der Waals surface area contributed by atoms with Crippen LogP contribution in [-0.4, -0.2) is 25.8 Å². The fourth-order valence-corrected chi connectivity index (χ4v) is 3.18.